The van der Waals surface area contributed by atoms with Crippen molar-refractivity contribution in [1.29, 1.82) is 0 Å². The molecule has 3 rings (SSSR count). The third kappa shape index (κ3) is 5.36. The minimum Gasteiger partial charge on any atom is -0.436 e. The van der Waals surface area contributed by atoms with Gasteiger partial charge in [-0.3, -0.25) is 0 Å². The van der Waals surface area contributed by atoms with Crippen molar-refractivity contribution in [3.63, 3.8) is 0 Å². The summed E-state index contributed by atoms with van der Waals surface area (Å²) in [5, 5.41) is 3.10. The summed E-state index contributed by atoms with van der Waals surface area (Å²) in [6.07, 6.45) is 1.93. The van der Waals surface area contributed by atoms with E-state index in [0.717, 1.165) is 10.6 Å². The van der Waals surface area contributed by atoms with Gasteiger partial charge in [-0.15, -0.1) is 6.07 Å². The maximum atomic E-state index is 12.3. The Morgan fingerprint density at radius 1 is 1.15 bits per heavy atom. The van der Waals surface area contributed by atoms with Crippen LogP contribution >= 0.6 is 11.3 Å². The van der Waals surface area contributed by atoms with Crippen molar-refractivity contribution in [3.8, 4) is 11.5 Å². The molecule has 0 atom stereocenters. The fourth-order valence-corrected chi connectivity index (χ4v) is 3.75. The van der Waals surface area contributed by atoms with E-state index in [4.69, 9.17) is 8.92 Å². The molecule has 1 heterocycles. The van der Waals surface area contributed by atoms with E-state index in [2.05, 4.69) is 6.07 Å². The Hall–Kier alpha value is -1.28. The number of ether oxygens (including phenoxy) is 1. The average Bonchev–Trinajstić information content (AvgIpc) is 2.98. The van der Waals surface area contributed by atoms with Crippen molar-refractivity contribution >= 4 is 21.5 Å². The first kappa shape index (κ1) is 21.0. The average molecular weight is 464 g/mol. The van der Waals surface area contributed by atoms with Crippen molar-refractivity contribution in [2.45, 2.75) is 25.5 Å². The van der Waals surface area contributed by atoms with Crippen LogP contribution in [0.25, 0.3) is 0 Å². The zero-order valence-corrected chi connectivity index (χ0v) is 18.8. The molecular weight excluding hydrogens is 447 g/mol. The molecule has 5 nitrogen and oxygen atoms in total. The molecule has 0 fully saturated rings. The SMILES string of the molecule is Cc1cc(OC[n+]2ccsc2C)cc(OS(=O)(=O)c2[c-]cccc2)c1.[Y]. The van der Waals surface area contributed by atoms with Crippen molar-refractivity contribution in [1.82, 2.24) is 0 Å². The number of hydrogen-bond donors (Lipinski definition) is 0. The first-order valence-electron chi connectivity index (χ1n) is 7.53. The zero-order chi connectivity index (χ0) is 17.9. The molecule has 1 aromatic heterocycles. The summed E-state index contributed by atoms with van der Waals surface area (Å²) in [6, 6.07) is 14.0. The molecule has 2 aromatic carbocycles. The van der Waals surface area contributed by atoms with Crippen molar-refractivity contribution in [2.24, 2.45) is 0 Å². The molecule has 0 aliphatic carbocycles. The van der Waals surface area contributed by atoms with Crippen LogP contribution in [0.5, 0.6) is 11.5 Å². The van der Waals surface area contributed by atoms with Crippen LogP contribution in [0.1, 0.15) is 10.6 Å². The number of rotatable bonds is 6. The van der Waals surface area contributed by atoms with E-state index >= 15 is 0 Å². The Morgan fingerprint density at radius 2 is 1.92 bits per heavy atom. The van der Waals surface area contributed by atoms with Crippen molar-refractivity contribution in [2.75, 3.05) is 0 Å². The molecule has 0 bridgehead atoms. The molecule has 0 spiro atoms. The first-order chi connectivity index (χ1) is 11.9. The monoisotopic (exact) mass is 464 g/mol. The van der Waals surface area contributed by atoms with Crippen LogP contribution in [0.4, 0.5) is 0 Å². The summed E-state index contributed by atoms with van der Waals surface area (Å²) in [5.41, 5.74) is 0.840. The second-order valence-corrected chi connectivity index (χ2v) is 8.02. The number of thiazole rings is 1. The van der Waals surface area contributed by atoms with Gasteiger partial charge in [0.15, 0.2) is 6.20 Å². The van der Waals surface area contributed by atoms with E-state index in [9.17, 15) is 8.42 Å². The van der Waals surface area contributed by atoms with Gasteiger partial charge in [-0.1, -0.05) is 11.3 Å². The van der Waals surface area contributed by atoms with Crippen molar-refractivity contribution in [3.05, 3.63) is 70.7 Å². The molecule has 8 heteroatoms. The number of hydrogen-bond acceptors (Lipinski definition) is 5. The predicted molar refractivity (Wildman–Crippen MR) is 94.1 cm³/mol. The van der Waals surface area contributed by atoms with Crippen LogP contribution in [0, 0.1) is 19.9 Å². The van der Waals surface area contributed by atoms with E-state index in [1.165, 1.54) is 12.1 Å². The molecule has 0 aliphatic rings. The topological polar surface area (TPSA) is 56.5 Å². The van der Waals surface area contributed by atoms with E-state index in [1.807, 2.05) is 36.1 Å². The van der Waals surface area contributed by atoms with Gasteiger partial charge in [-0.05, 0) is 29.5 Å². The smallest absolute Gasteiger partial charge is 0.315 e. The molecule has 0 N–H and O–H groups in total. The maximum Gasteiger partial charge on any atom is 0.315 e. The molecule has 0 saturated heterocycles. The van der Waals surface area contributed by atoms with Gasteiger partial charge in [-0.25, -0.2) is 0 Å². The minimum absolute atomic E-state index is 0. The molecular formula is C18H17NO4S2Y. The quantitative estimate of drug-likeness (QED) is 0.319. The van der Waals surface area contributed by atoms with Gasteiger partial charge < -0.3 is 8.92 Å². The zero-order valence-electron chi connectivity index (χ0n) is 14.4. The first-order valence-corrected chi connectivity index (χ1v) is 9.82. The molecule has 0 amide bonds. The van der Waals surface area contributed by atoms with Crippen LogP contribution in [0.3, 0.4) is 0 Å². The molecule has 0 saturated carbocycles. The van der Waals surface area contributed by atoms with E-state index in [0.29, 0.717) is 12.5 Å². The second kappa shape index (κ2) is 9.08. The van der Waals surface area contributed by atoms with Gasteiger partial charge >= 0.3 is 10.1 Å². The molecule has 133 valence electrons. The van der Waals surface area contributed by atoms with Crippen LogP contribution in [0.2, 0.25) is 0 Å². The summed E-state index contributed by atoms with van der Waals surface area (Å²) in [6.45, 7) is 4.20. The summed E-state index contributed by atoms with van der Waals surface area (Å²) >= 11 is 1.63. The summed E-state index contributed by atoms with van der Waals surface area (Å²) in [4.78, 5) is -0.0107. The van der Waals surface area contributed by atoms with Gasteiger partial charge in [0, 0.05) is 45.7 Å². The maximum absolute atomic E-state index is 12.3. The minimum atomic E-state index is -3.93. The Kier molecular flexibility index (Phi) is 7.35. The van der Waals surface area contributed by atoms with Gasteiger partial charge in [0.05, 0.1) is 5.38 Å². The predicted octanol–water partition coefficient (Wildman–Crippen LogP) is 3.25. The van der Waals surface area contributed by atoms with Gasteiger partial charge in [0.2, 0.25) is 5.01 Å². The standard InChI is InChI=1S/C18H17NO4S2.Y/c1-14-10-16(22-13-19-8-9-24-15(19)2)12-17(11-14)23-25(20,21)18-6-4-3-5-7-18;/h3-6,8-12H,13H2,1-2H3;. The summed E-state index contributed by atoms with van der Waals surface area (Å²) in [5.74, 6) is 0.750. The number of aryl methyl sites for hydroxylation is 2. The van der Waals surface area contributed by atoms with Crippen LogP contribution in [-0.2, 0) is 49.6 Å². The van der Waals surface area contributed by atoms with E-state index < -0.39 is 10.1 Å². The number of benzene rings is 2. The summed E-state index contributed by atoms with van der Waals surface area (Å²) < 4.78 is 37.6. The largest absolute Gasteiger partial charge is 0.436 e. The molecule has 26 heavy (non-hydrogen) atoms. The Labute approximate surface area is 182 Å². The van der Waals surface area contributed by atoms with Crippen LogP contribution in [-0.4, -0.2) is 8.42 Å². The molecule has 3 aromatic rings. The summed E-state index contributed by atoms with van der Waals surface area (Å²) in [7, 11) is -3.93. The molecule has 0 aliphatic heterocycles. The fraction of sp³-hybridized carbons (Fsp3) is 0.167. The Balaban J connectivity index is 0.00000243. The number of nitrogens with zero attached hydrogens (tertiary/aromatic N) is 1. The normalized spacial score (nSPS) is 10.8. The number of aromatic nitrogens is 1. The van der Waals surface area contributed by atoms with E-state index in [-0.39, 0.29) is 43.4 Å². The molecule has 0 unspecified atom stereocenters. The van der Waals surface area contributed by atoms with Gasteiger partial charge in [0.25, 0.3) is 6.73 Å². The third-order valence-electron chi connectivity index (χ3n) is 3.43. The van der Waals surface area contributed by atoms with Gasteiger partial charge in [-0.2, -0.15) is 37.3 Å². The second-order valence-electron chi connectivity index (χ2n) is 5.41. The van der Waals surface area contributed by atoms with Gasteiger partial charge in [0.1, 0.15) is 11.5 Å². The van der Waals surface area contributed by atoms with Crippen LogP contribution in [0.15, 0.2) is 58.9 Å². The Morgan fingerprint density at radius 3 is 2.58 bits per heavy atom. The third-order valence-corrected chi connectivity index (χ3v) is 5.47. The fourth-order valence-electron chi connectivity index (χ4n) is 2.20. The molecule has 1 radical (unpaired) electrons. The van der Waals surface area contributed by atoms with Crippen LogP contribution < -0.4 is 13.5 Å². The Bertz CT molecular complexity index is 972. The van der Waals surface area contributed by atoms with E-state index in [1.54, 1.807) is 35.6 Å². The van der Waals surface area contributed by atoms with Crippen molar-refractivity contribution < 1.29 is 54.6 Å².